The van der Waals surface area contributed by atoms with Crippen molar-refractivity contribution in [1.82, 2.24) is 24.0 Å². The molecule has 2 aromatic carbocycles. The number of carbonyl (C=O) groups excluding carboxylic acids is 1. The fourth-order valence-corrected chi connectivity index (χ4v) is 4.84. The Hall–Kier alpha value is -3.92. The van der Waals surface area contributed by atoms with Gasteiger partial charge in [0.1, 0.15) is 12.7 Å². The van der Waals surface area contributed by atoms with Crippen LogP contribution < -0.4 is 5.56 Å². The molecule has 1 aliphatic heterocycles. The lowest BCUT2D eigenvalue weighted by Gasteiger charge is -2.38. The summed E-state index contributed by atoms with van der Waals surface area (Å²) in [5.41, 5.74) is 0.269. The van der Waals surface area contributed by atoms with Crippen molar-refractivity contribution in [2.75, 3.05) is 13.1 Å². The molecule has 1 fully saturated rings. The van der Waals surface area contributed by atoms with E-state index in [0.717, 1.165) is 5.69 Å². The maximum atomic E-state index is 13.7. The number of benzene rings is 2. The van der Waals surface area contributed by atoms with Gasteiger partial charge in [0.2, 0.25) is 12.3 Å². The van der Waals surface area contributed by atoms with Gasteiger partial charge < -0.3 is 10.0 Å². The first kappa shape index (κ1) is 24.8. The number of likely N-dealkylation sites (tertiary alicyclic amines) is 1. The van der Waals surface area contributed by atoms with Crippen LogP contribution in [0.2, 0.25) is 0 Å². The molecular weight excluding hydrogens is 480 g/mol. The van der Waals surface area contributed by atoms with Crippen molar-refractivity contribution in [2.45, 2.75) is 43.8 Å². The lowest BCUT2D eigenvalue weighted by atomic mass is 9.90. The maximum Gasteiger partial charge on any atom is 0.281 e. The summed E-state index contributed by atoms with van der Waals surface area (Å²) in [5.74, 6) is -1.55. The van der Waals surface area contributed by atoms with Crippen LogP contribution in [-0.2, 0) is 11.3 Å². The highest BCUT2D eigenvalue weighted by molar-refractivity contribution is 5.77. The average molecular weight is 508 g/mol. The molecule has 1 saturated heterocycles. The minimum Gasteiger partial charge on any atom is -0.388 e. The smallest absolute Gasteiger partial charge is 0.281 e. The van der Waals surface area contributed by atoms with Gasteiger partial charge in [0.15, 0.2) is 11.2 Å². The second kappa shape index (κ2) is 10.2. The van der Waals surface area contributed by atoms with E-state index < -0.39 is 17.9 Å². The van der Waals surface area contributed by atoms with E-state index in [4.69, 9.17) is 0 Å². The topological polar surface area (TPSA) is 93.2 Å². The molecule has 0 spiro atoms. The van der Waals surface area contributed by atoms with Gasteiger partial charge in [0.05, 0.1) is 18.1 Å². The minimum atomic E-state index is -2.66. The predicted octanol–water partition coefficient (Wildman–Crippen LogP) is 3.37. The number of amides is 1. The van der Waals surface area contributed by atoms with Crippen LogP contribution in [-0.4, -0.2) is 60.1 Å². The van der Waals surface area contributed by atoms with E-state index in [-0.39, 0.29) is 55.9 Å². The second-order valence-electron chi connectivity index (χ2n) is 9.46. The Morgan fingerprint density at radius 1 is 0.973 bits per heavy atom. The Balaban J connectivity index is 1.25. The molecule has 0 bridgehead atoms. The first-order valence-electron chi connectivity index (χ1n) is 12.2. The fraction of sp³-hybridized carbons (Fsp3) is 0.333. The summed E-state index contributed by atoms with van der Waals surface area (Å²) in [6.45, 7) is 0.430. The van der Waals surface area contributed by atoms with Gasteiger partial charge in [-0.25, -0.2) is 18.7 Å². The average Bonchev–Trinajstić information content (AvgIpc) is 3.35. The standard InChI is InChI=1S/C27H27F2N5O3/c28-24(29)21(19-7-3-1-4-8-19)15-22(35)32-13-11-27(37,12-14-32)16-33-17-31-25-23(26(33)36)30-18-34(25)20-9-5-2-6-10-20/h1-10,17-18,21,24,37H,11-16H2. The molecule has 1 aliphatic rings. The normalized spacial score (nSPS) is 16.3. The molecule has 1 amide bonds. The number of aliphatic hydroxyl groups is 1. The Morgan fingerprint density at radius 2 is 1.62 bits per heavy atom. The number of nitrogens with zero attached hydrogens (tertiary/aromatic N) is 5. The molecule has 10 heteroatoms. The van der Waals surface area contributed by atoms with Crippen LogP contribution in [0, 0.1) is 0 Å². The van der Waals surface area contributed by atoms with Gasteiger partial charge in [-0.2, -0.15) is 0 Å². The van der Waals surface area contributed by atoms with Gasteiger partial charge in [-0.05, 0) is 30.5 Å². The van der Waals surface area contributed by atoms with Crippen LogP contribution in [0.1, 0.15) is 30.7 Å². The van der Waals surface area contributed by atoms with Crippen molar-refractivity contribution in [3.05, 3.63) is 89.2 Å². The first-order valence-corrected chi connectivity index (χ1v) is 12.2. The molecule has 0 saturated carbocycles. The zero-order chi connectivity index (χ0) is 26.0. The summed E-state index contributed by atoms with van der Waals surface area (Å²) in [7, 11) is 0. The summed E-state index contributed by atoms with van der Waals surface area (Å²) < 4.78 is 30.4. The van der Waals surface area contributed by atoms with E-state index in [1.807, 2.05) is 30.3 Å². The number of hydrogen-bond acceptors (Lipinski definition) is 5. The number of fused-ring (bicyclic) bond motifs is 1. The maximum absolute atomic E-state index is 13.7. The van der Waals surface area contributed by atoms with Crippen molar-refractivity contribution in [3.63, 3.8) is 0 Å². The number of rotatable bonds is 7. The van der Waals surface area contributed by atoms with Gasteiger partial charge in [-0.15, -0.1) is 0 Å². The monoisotopic (exact) mass is 507 g/mol. The van der Waals surface area contributed by atoms with E-state index in [0.29, 0.717) is 11.2 Å². The van der Waals surface area contributed by atoms with Gasteiger partial charge >= 0.3 is 0 Å². The van der Waals surface area contributed by atoms with E-state index >= 15 is 0 Å². The van der Waals surface area contributed by atoms with Crippen LogP contribution in [0.25, 0.3) is 16.9 Å². The number of alkyl halides is 2. The fourth-order valence-electron chi connectivity index (χ4n) is 4.84. The Labute approximate surface area is 211 Å². The molecule has 8 nitrogen and oxygen atoms in total. The highest BCUT2D eigenvalue weighted by atomic mass is 19.3. The first-order chi connectivity index (χ1) is 17.8. The third-order valence-corrected chi connectivity index (χ3v) is 7.00. The molecule has 3 heterocycles. The molecule has 0 aliphatic carbocycles. The van der Waals surface area contributed by atoms with Crippen molar-refractivity contribution < 1.29 is 18.7 Å². The van der Waals surface area contributed by atoms with E-state index in [2.05, 4.69) is 9.97 Å². The zero-order valence-electron chi connectivity index (χ0n) is 20.1. The molecule has 192 valence electrons. The van der Waals surface area contributed by atoms with E-state index in [9.17, 15) is 23.5 Å². The molecule has 5 rings (SSSR count). The number of piperidine rings is 1. The number of halogens is 2. The van der Waals surface area contributed by atoms with Crippen molar-refractivity contribution in [1.29, 1.82) is 0 Å². The number of para-hydroxylation sites is 1. The highest BCUT2D eigenvalue weighted by Gasteiger charge is 2.36. The molecule has 0 radical (unpaired) electrons. The molecule has 1 atom stereocenters. The number of aromatic nitrogens is 4. The third kappa shape index (κ3) is 5.15. The second-order valence-corrected chi connectivity index (χ2v) is 9.46. The number of imidazole rings is 1. The zero-order valence-corrected chi connectivity index (χ0v) is 20.1. The molecule has 2 aromatic heterocycles. The molecular formula is C27H27F2N5O3. The van der Waals surface area contributed by atoms with Gasteiger partial charge in [-0.1, -0.05) is 48.5 Å². The van der Waals surface area contributed by atoms with Gasteiger partial charge in [-0.3, -0.25) is 18.7 Å². The third-order valence-electron chi connectivity index (χ3n) is 7.00. The van der Waals surface area contributed by atoms with Crippen LogP contribution in [0.3, 0.4) is 0 Å². The lowest BCUT2D eigenvalue weighted by Crippen LogP contribution is -2.50. The van der Waals surface area contributed by atoms with Crippen LogP contribution in [0.4, 0.5) is 8.78 Å². The highest BCUT2D eigenvalue weighted by Crippen LogP contribution is 2.30. The number of hydrogen-bond donors (Lipinski definition) is 1. The van der Waals surface area contributed by atoms with E-state index in [1.165, 1.54) is 15.8 Å². The quantitative estimate of drug-likeness (QED) is 0.414. The Bertz CT molecular complexity index is 1430. The van der Waals surface area contributed by atoms with Crippen molar-refractivity contribution in [3.8, 4) is 5.69 Å². The lowest BCUT2D eigenvalue weighted by molar-refractivity contribution is -0.137. The summed E-state index contributed by atoms with van der Waals surface area (Å²) >= 11 is 0. The van der Waals surface area contributed by atoms with Crippen LogP contribution in [0.5, 0.6) is 0 Å². The molecule has 1 N–H and O–H groups in total. The Morgan fingerprint density at radius 3 is 2.27 bits per heavy atom. The molecule has 4 aromatic rings. The van der Waals surface area contributed by atoms with E-state index in [1.54, 1.807) is 41.2 Å². The van der Waals surface area contributed by atoms with Crippen molar-refractivity contribution in [2.24, 2.45) is 0 Å². The minimum absolute atomic E-state index is 0.00131. The Kier molecular flexibility index (Phi) is 6.84. The summed E-state index contributed by atoms with van der Waals surface area (Å²) in [4.78, 5) is 36.1. The van der Waals surface area contributed by atoms with Crippen LogP contribution in [0.15, 0.2) is 78.1 Å². The van der Waals surface area contributed by atoms with Gasteiger partial charge in [0, 0.05) is 25.2 Å². The SMILES string of the molecule is O=C(CC(c1ccccc1)C(F)F)N1CCC(O)(Cn2cnc3c(ncn3-c3ccccc3)c2=O)CC1. The van der Waals surface area contributed by atoms with Gasteiger partial charge in [0.25, 0.3) is 5.56 Å². The van der Waals surface area contributed by atoms with Crippen LogP contribution >= 0.6 is 0 Å². The molecule has 1 unspecified atom stereocenters. The van der Waals surface area contributed by atoms with Crippen molar-refractivity contribution >= 4 is 17.1 Å². The largest absolute Gasteiger partial charge is 0.388 e. The summed E-state index contributed by atoms with van der Waals surface area (Å²) in [6.07, 6.45) is 0.407. The molecule has 37 heavy (non-hydrogen) atoms. The predicted molar refractivity (Wildman–Crippen MR) is 134 cm³/mol. The summed E-state index contributed by atoms with van der Waals surface area (Å²) in [5, 5.41) is 11.2. The summed E-state index contributed by atoms with van der Waals surface area (Å²) in [6, 6.07) is 17.7. The number of carbonyl (C=O) groups is 1.